The molecular weight excluding hydrogens is 432 g/mol. The number of amides is 1. The molecule has 0 aromatic heterocycles. The van der Waals surface area contributed by atoms with E-state index in [0.29, 0.717) is 0 Å². The van der Waals surface area contributed by atoms with Gasteiger partial charge in [-0.15, -0.1) is 4.91 Å². The zero-order valence-corrected chi connectivity index (χ0v) is 19.1. The molecule has 0 heterocycles. The lowest BCUT2D eigenvalue weighted by molar-refractivity contribution is -0.155. The summed E-state index contributed by atoms with van der Waals surface area (Å²) in [5.41, 5.74) is 2.56. The Morgan fingerprint density at radius 1 is 1.06 bits per heavy atom. The molecule has 1 amide bonds. The van der Waals surface area contributed by atoms with E-state index in [1.807, 2.05) is 36.4 Å². The number of alkyl carbamates (subject to hydrolysis) is 1. The fourth-order valence-electron chi connectivity index (χ4n) is 3.81. The Bertz CT molecular complexity index is 943. The van der Waals surface area contributed by atoms with Crippen LogP contribution >= 0.6 is 11.6 Å². The molecule has 8 heteroatoms. The molecule has 2 unspecified atom stereocenters. The normalized spacial score (nSPS) is 14.6. The van der Waals surface area contributed by atoms with Gasteiger partial charge in [0.25, 0.3) is 0 Å². The van der Waals surface area contributed by atoms with Crippen molar-refractivity contribution in [3.8, 4) is 11.1 Å². The molecule has 2 aromatic carbocycles. The molecule has 0 bridgehead atoms. The quantitative estimate of drug-likeness (QED) is 0.249. The number of benzene rings is 2. The molecule has 0 spiro atoms. The summed E-state index contributed by atoms with van der Waals surface area (Å²) in [6, 6.07) is 15.2. The van der Waals surface area contributed by atoms with E-state index in [2.05, 4.69) is 22.6 Å². The lowest BCUT2D eigenvalue weighted by atomic mass is 9.98. The summed E-state index contributed by atoms with van der Waals surface area (Å²) in [5.74, 6) is -0.545. The highest BCUT2D eigenvalue weighted by Gasteiger charge is 2.30. The van der Waals surface area contributed by atoms with Crippen LogP contribution in [0.5, 0.6) is 0 Å². The van der Waals surface area contributed by atoms with Crippen LogP contribution in [-0.2, 0) is 14.3 Å². The van der Waals surface area contributed by atoms with Gasteiger partial charge in [0.15, 0.2) is 5.50 Å². The van der Waals surface area contributed by atoms with Gasteiger partial charge in [-0.25, -0.2) is 4.79 Å². The van der Waals surface area contributed by atoms with Crippen molar-refractivity contribution in [1.82, 2.24) is 5.32 Å². The van der Waals surface area contributed by atoms with Crippen LogP contribution in [0.25, 0.3) is 11.1 Å². The van der Waals surface area contributed by atoms with Gasteiger partial charge in [-0.3, -0.25) is 4.79 Å². The molecule has 32 heavy (non-hydrogen) atoms. The van der Waals surface area contributed by atoms with E-state index in [1.54, 1.807) is 20.8 Å². The Morgan fingerprint density at radius 2 is 1.62 bits per heavy atom. The van der Waals surface area contributed by atoms with Gasteiger partial charge in [0, 0.05) is 12.3 Å². The van der Waals surface area contributed by atoms with Crippen molar-refractivity contribution in [2.24, 2.45) is 5.18 Å². The maximum atomic E-state index is 12.5. The summed E-state index contributed by atoms with van der Waals surface area (Å²) in [7, 11) is 0. The maximum absolute atomic E-state index is 12.5. The van der Waals surface area contributed by atoms with Crippen molar-refractivity contribution in [3.05, 3.63) is 64.6 Å². The Hall–Kier alpha value is -2.93. The molecule has 1 aliphatic carbocycles. The number of carbonyl (C=O) groups is 2. The average molecular weight is 459 g/mol. The molecule has 1 N–H and O–H groups in total. The van der Waals surface area contributed by atoms with Crippen LogP contribution < -0.4 is 5.32 Å². The van der Waals surface area contributed by atoms with Gasteiger partial charge in [-0.1, -0.05) is 60.1 Å². The number of carbonyl (C=O) groups excluding carboxylic acids is 2. The van der Waals surface area contributed by atoms with Gasteiger partial charge in [-0.2, -0.15) is 0 Å². The standard InChI is InChI=1S/C24H27ClN2O5/c1-24(2,3)32-21(28)13-12-20(22(25)27-30)26-23(29)31-14-19-17-10-6-4-8-15(17)16-9-5-7-11-18(16)19/h4-11,19-20,22H,12-14H2,1-3H3,(H,26,29). The number of halogens is 1. The SMILES string of the molecule is CC(C)(C)OC(=O)CCC(NC(=O)OCC1c2ccccc2-c2ccccc21)C(Cl)N=O. The molecule has 170 valence electrons. The van der Waals surface area contributed by atoms with E-state index in [0.717, 1.165) is 22.3 Å². The van der Waals surface area contributed by atoms with Crippen LogP contribution in [0.1, 0.15) is 50.7 Å². The number of fused-ring (bicyclic) bond motifs is 3. The van der Waals surface area contributed by atoms with Crippen LogP contribution in [-0.4, -0.2) is 35.8 Å². The third-order valence-electron chi connectivity index (χ3n) is 5.16. The van der Waals surface area contributed by atoms with E-state index in [9.17, 15) is 14.5 Å². The predicted molar refractivity (Wildman–Crippen MR) is 123 cm³/mol. The van der Waals surface area contributed by atoms with E-state index in [4.69, 9.17) is 21.1 Å². The second kappa shape index (κ2) is 10.1. The molecule has 0 aliphatic heterocycles. The molecule has 7 nitrogen and oxygen atoms in total. The number of hydrogen-bond donors (Lipinski definition) is 1. The summed E-state index contributed by atoms with van der Waals surface area (Å²) < 4.78 is 10.7. The summed E-state index contributed by atoms with van der Waals surface area (Å²) in [5, 5.41) is 5.35. The minimum absolute atomic E-state index is 0.0235. The summed E-state index contributed by atoms with van der Waals surface area (Å²) in [6.45, 7) is 5.40. The second-order valence-electron chi connectivity index (χ2n) is 8.68. The van der Waals surface area contributed by atoms with Crippen molar-refractivity contribution in [1.29, 1.82) is 0 Å². The fourth-order valence-corrected chi connectivity index (χ4v) is 4.00. The van der Waals surface area contributed by atoms with E-state index >= 15 is 0 Å². The minimum atomic E-state index is -1.24. The summed E-state index contributed by atoms with van der Waals surface area (Å²) in [6.07, 6.45) is -0.654. The fraction of sp³-hybridized carbons (Fsp3) is 0.417. The van der Waals surface area contributed by atoms with Crippen molar-refractivity contribution >= 4 is 23.7 Å². The molecule has 1 aliphatic rings. The number of ether oxygens (including phenoxy) is 2. The van der Waals surface area contributed by atoms with Crippen molar-refractivity contribution in [2.75, 3.05) is 6.61 Å². The van der Waals surface area contributed by atoms with E-state index in [1.165, 1.54) is 0 Å². The lowest BCUT2D eigenvalue weighted by Gasteiger charge is -2.22. The Labute approximate surface area is 192 Å². The van der Waals surface area contributed by atoms with E-state index in [-0.39, 0.29) is 25.4 Å². The number of esters is 1. The molecule has 0 fully saturated rings. The largest absolute Gasteiger partial charge is 0.460 e. The van der Waals surface area contributed by atoms with Gasteiger partial charge in [-0.05, 0) is 54.6 Å². The summed E-state index contributed by atoms with van der Waals surface area (Å²) in [4.78, 5) is 35.4. The van der Waals surface area contributed by atoms with E-state index < -0.39 is 29.2 Å². The summed E-state index contributed by atoms with van der Waals surface area (Å²) >= 11 is 5.95. The van der Waals surface area contributed by atoms with Crippen LogP contribution in [0.3, 0.4) is 0 Å². The highest BCUT2D eigenvalue weighted by Crippen LogP contribution is 2.44. The number of nitrogens with zero attached hydrogens (tertiary/aromatic N) is 1. The van der Waals surface area contributed by atoms with Gasteiger partial charge in [0.2, 0.25) is 0 Å². The zero-order valence-electron chi connectivity index (χ0n) is 18.3. The zero-order chi connectivity index (χ0) is 23.3. The third kappa shape index (κ3) is 5.85. The minimum Gasteiger partial charge on any atom is -0.460 e. The highest BCUT2D eigenvalue weighted by atomic mass is 35.5. The first-order chi connectivity index (χ1) is 15.2. The number of alkyl halides is 1. The number of hydrogen-bond acceptors (Lipinski definition) is 6. The molecule has 0 saturated carbocycles. The molecule has 2 atom stereocenters. The van der Waals surface area contributed by atoms with Crippen LogP contribution in [0, 0.1) is 4.91 Å². The predicted octanol–water partition coefficient (Wildman–Crippen LogP) is 5.35. The van der Waals surface area contributed by atoms with Crippen molar-refractivity contribution in [2.45, 2.75) is 56.7 Å². The maximum Gasteiger partial charge on any atom is 0.407 e. The van der Waals surface area contributed by atoms with Gasteiger partial charge >= 0.3 is 12.1 Å². The topological polar surface area (TPSA) is 94.1 Å². The Balaban J connectivity index is 1.61. The Kier molecular flexibility index (Phi) is 7.51. The molecule has 0 saturated heterocycles. The first-order valence-electron chi connectivity index (χ1n) is 10.5. The van der Waals surface area contributed by atoms with Gasteiger partial charge in [0.05, 0.1) is 6.04 Å². The smallest absolute Gasteiger partial charge is 0.407 e. The highest BCUT2D eigenvalue weighted by molar-refractivity contribution is 6.21. The van der Waals surface area contributed by atoms with Crippen LogP contribution in [0.15, 0.2) is 53.7 Å². The van der Waals surface area contributed by atoms with Gasteiger partial charge < -0.3 is 14.8 Å². The third-order valence-corrected chi connectivity index (χ3v) is 5.54. The van der Waals surface area contributed by atoms with Crippen molar-refractivity contribution < 1.29 is 19.1 Å². The number of nitrogens with one attached hydrogen (secondary N) is 1. The lowest BCUT2D eigenvalue weighted by Crippen LogP contribution is -2.41. The molecular formula is C24H27ClN2O5. The van der Waals surface area contributed by atoms with Crippen molar-refractivity contribution in [3.63, 3.8) is 0 Å². The number of rotatable bonds is 8. The molecule has 0 radical (unpaired) electrons. The number of nitroso groups, excluding NO2 is 1. The monoisotopic (exact) mass is 458 g/mol. The molecule has 3 rings (SSSR count). The van der Waals surface area contributed by atoms with Gasteiger partial charge in [0.1, 0.15) is 12.2 Å². The molecule has 2 aromatic rings. The Morgan fingerprint density at radius 3 is 2.16 bits per heavy atom. The first kappa shape index (κ1) is 23.7. The average Bonchev–Trinajstić information content (AvgIpc) is 3.07. The van der Waals surface area contributed by atoms with Crippen LogP contribution in [0.2, 0.25) is 0 Å². The van der Waals surface area contributed by atoms with Crippen LogP contribution in [0.4, 0.5) is 4.79 Å². The first-order valence-corrected chi connectivity index (χ1v) is 10.9. The second-order valence-corrected chi connectivity index (χ2v) is 9.13.